The Kier molecular flexibility index (Phi) is 6.53. The maximum atomic E-state index is 12.0. The molecule has 8 heteroatoms. The molecule has 0 bridgehead atoms. The molecule has 0 aliphatic carbocycles. The van der Waals surface area contributed by atoms with E-state index in [1.165, 1.54) is 23.5 Å². The zero-order valence-corrected chi connectivity index (χ0v) is 16.6. The number of carbonyl (C=O) groups is 2. The minimum absolute atomic E-state index is 0.155. The second-order valence-electron chi connectivity index (χ2n) is 5.40. The molecule has 3 rings (SSSR count). The predicted molar refractivity (Wildman–Crippen MR) is 109 cm³/mol. The standard InChI is InChI=1S/C18H14Cl2N2O2S2/c19-13-5-1-11(2-6-13)9-25-18(15-16(23)21-22-17(15)24)26-10-12-3-7-14(20)8-4-12/h1-8H,9-10H2,(H,21,23)(H,22,24). The number of rotatable bonds is 6. The molecular weight excluding hydrogens is 411 g/mol. The Morgan fingerprint density at radius 2 is 1.12 bits per heavy atom. The fraction of sp³-hybridized carbons (Fsp3) is 0.111. The maximum absolute atomic E-state index is 12.0. The molecule has 0 unspecified atom stereocenters. The first kappa shape index (κ1) is 19.2. The lowest BCUT2D eigenvalue weighted by molar-refractivity contribution is -0.117. The second kappa shape index (κ2) is 8.86. The van der Waals surface area contributed by atoms with Crippen molar-refractivity contribution in [3.8, 4) is 0 Å². The van der Waals surface area contributed by atoms with E-state index in [0.717, 1.165) is 11.1 Å². The SMILES string of the molecule is O=C1NNC(=O)C1=C(SCc1ccc(Cl)cc1)SCc1ccc(Cl)cc1. The van der Waals surface area contributed by atoms with Crippen molar-refractivity contribution in [1.82, 2.24) is 10.9 Å². The minimum Gasteiger partial charge on any atom is -0.267 e. The highest BCUT2D eigenvalue weighted by Crippen LogP contribution is 2.37. The van der Waals surface area contributed by atoms with Crippen LogP contribution in [0.2, 0.25) is 10.0 Å². The summed E-state index contributed by atoms with van der Waals surface area (Å²) in [6, 6.07) is 15.0. The molecule has 0 spiro atoms. The van der Waals surface area contributed by atoms with Gasteiger partial charge in [-0.1, -0.05) is 47.5 Å². The highest BCUT2D eigenvalue weighted by atomic mass is 35.5. The average Bonchev–Trinajstić information content (AvgIpc) is 2.97. The molecule has 1 aliphatic rings. The molecule has 134 valence electrons. The lowest BCUT2D eigenvalue weighted by atomic mass is 10.2. The Morgan fingerprint density at radius 1 is 0.731 bits per heavy atom. The van der Waals surface area contributed by atoms with E-state index in [4.69, 9.17) is 23.2 Å². The molecule has 1 fully saturated rings. The fourth-order valence-corrected chi connectivity index (χ4v) is 4.75. The van der Waals surface area contributed by atoms with Gasteiger partial charge in [0.1, 0.15) is 5.57 Å². The van der Waals surface area contributed by atoms with Gasteiger partial charge in [-0.15, -0.1) is 23.5 Å². The summed E-state index contributed by atoms with van der Waals surface area (Å²) in [6.07, 6.45) is 0. The van der Waals surface area contributed by atoms with E-state index in [0.29, 0.717) is 25.8 Å². The third-order valence-corrected chi connectivity index (χ3v) is 6.61. The summed E-state index contributed by atoms with van der Waals surface area (Å²) < 4.78 is 0.683. The van der Waals surface area contributed by atoms with Gasteiger partial charge >= 0.3 is 0 Å². The van der Waals surface area contributed by atoms with Crippen molar-refractivity contribution in [3.05, 3.63) is 79.5 Å². The van der Waals surface area contributed by atoms with Crippen molar-refractivity contribution < 1.29 is 9.59 Å². The topological polar surface area (TPSA) is 58.2 Å². The monoisotopic (exact) mass is 424 g/mol. The second-order valence-corrected chi connectivity index (χ2v) is 8.50. The normalized spacial score (nSPS) is 13.5. The Morgan fingerprint density at radius 3 is 1.50 bits per heavy atom. The molecule has 1 aliphatic heterocycles. The first-order valence-electron chi connectivity index (χ1n) is 7.62. The molecule has 4 nitrogen and oxygen atoms in total. The van der Waals surface area contributed by atoms with Crippen LogP contribution in [0.1, 0.15) is 11.1 Å². The molecule has 1 saturated heterocycles. The van der Waals surface area contributed by atoms with E-state index in [1.54, 1.807) is 0 Å². The van der Waals surface area contributed by atoms with Gasteiger partial charge in [0.15, 0.2) is 0 Å². The van der Waals surface area contributed by atoms with E-state index in [-0.39, 0.29) is 5.57 Å². The highest BCUT2D eigenvalue weighted by molar-refractivity contribution is 8.21. The van der Waals surface area contributed by atoms with Crippen LogP contribution in [0.3, 0.4) is 0 Å². The number of halogens is 2. The van der Waals surface area contributed by atoms with Gasteiger partial charge in [-0.25, -0.2) is 0 Å². The molecule has 1 heterocycles. The summed E-state index contributed by atoms with van der Waals surface area (Å²) in [7, 11) is 0. The van der Waals surface area contributed by atoms with E-state index < -0.39 is 11.8 Å². The molecular formula is C18H14Cl2N2O2S2. The Bertz CT molecular complexity index is 783. The highest BCUT2D eigenvalue weighted by Gasteiger charge is 2.30. The third-order valence-electron chi connectivity index (χ3n) is 3.51. The van der Waals surface area contributed by atoms with Gasteiger partial charge < -0.3 is 0 Å². The number of hydrazine groups is 1. The van der Waals surface area contributed by atoms with Crippen LogP contribution in [0.25, 0.3) is 0 Å². The quantitative estimate of drug-likeness (QED) is 0.527. The zero-order valence-electron chi connectivity index (χ0n) is 13.4. The van der Waals surface area contributed by atoms with Crippen molar-refractivity contribution in [3.63, 3.8) is 0 Å². The fourth-order valence-electron chi connectivity index (χ4n) is 2.17. The number of thioether (sulfide) groups is 2. The van der Waals surface area contributed by atoms with Crippen LogP contribution in [0.5, 0.6) is 0 Å². The number of benzene rings is 2. The largest absolute Gasteiger partial charge is 0.277 e. The first-order valence-corrected chi connectivity index (χ1v) is 10.3. The van der Waals surface area contributed by atoms with Crippen molar-refractivity contribution in [1.29, 1.82) is 0 Å². The first-order chi connectivity index (χ1) is 12.5. The van der Waals surface area contributed by atoms with Crippen molar-refractivity contribution in [2.24, 2.45) is 0 Å². The maximum Gasteiger partial charge on any atom is 0.277 e. The number of hydrogen-bond acceptors (Lipinski definition) is 4. The third kappa shape index (κ3) is 4.98. The molecule has 26 heavy (non-hydrogen) atoms. The number of amides is 2. The summed E-state index contributed by atoms with van der Waals surface area (Å²) in [4.78, 5) is 24.0. The summed E-state index contributed by atoms with van der Waals surface area (Å²) in [5.74, 6) is 0.448. The molecule has 0 atom stereocenters. The summed E-state index contributed by atoms with van der Waals surface area (Å²) in [5.41, 5.74) is 6.98. The van der Waals surface area contributed by atoms with Gasteiger partial charge in [-0.3, -0.25) is 20.4 Å². The predicted octanol–water partition coefficient (Wildman–Crippen LogP) is 4.53. The Balaban J connectivity index is 1.76. The molecule has 2 N–H and O–H groups in total. The van der Waals surface area contributed by atoms with Crippen LogP contribution in [-0.2, 0) is 21.1 Å². The van der Waals surface area contributed by atoms with Crippen LogP contribution in [0, 0.1) is 0 Å². The van der Waals surface area contributed by atoms with Gasteiger partial charge in [0.2, 0.25) is 0 Å². The average molecular weight is 425 g/mol. The molecule has 2 amide bonds. The van der Waals surface area contributed by atoms with Crippen LogP contribution < -0.4 is 10.9 Å². The van der Waals surface area contributed by atoms with Crippen molar-refractivity contribution >= 4 is 58.5 Å². The zero-order chi connectivity index (χ0) is 18.5. The number of nitrogens with one attached hydrogen (secondary N) is 2. The number of carbonyl (C=O) groups excluding carboxylic acids is 2. The summed E-state index contributed by atoms with van der Waals surface area (Å²) in [6.45, 7) is 0. The van der Waals surface area contributed by atoms with Gasteiger partial charge in [-0.2, -0.15) is 0 Å². The van der Waals surface area contributed by atoms with Gasteiger partial charge in [-0.05, 0) is 35.4 Å². The van der Waals surface area contributed by atoms with Crippen molar-refractivity contribution in [2.75, 3.05) is 0 Å². The lowest BCUT2D eigenvalue weighted by Crippen LogP contribution is -2.28. The number of hydrogen-bond donors (Lipinski definition) is 2. The molecule has 2 aromatic rings. The van der Waals surface area contributed by atoms with Crippen molar-refractivity contribution in [2.45, 2.75) is 11.5 Å². The Hall–Kier alpha value is -1.60. The van der Waals surface area contributed by atoms with Gasteiger partial charge in [0, 0.05) is 21.6 Å². The van der Waals surface area contributed by atoms with Crippen LogP contribution in [0.15, 0.2) is 58.3 Å². The Labute approximate surface area is 169 Å². The summed E-state index contributed by atoms with van der Waals surface area (Å²) >= 11 is 14.7. The van der Waals surface area contributed by atoms with E-state index in [1.807, 2.05) is 48.5 Å². The van der Waals surface area contributed by atoms with Gasteiger partial charge in [0.05, 0.1) is 4.24 Å². The molecule has 0 saturated carbocycles. The van der Waals surface area contributed by atoms with E-state index in [2.05, 4.69) is 10.9 Å². The van der Waals surface area contributed by atoms with Crippen LogP contribution in [0.4, 0.5) is 0 Å². The van der Waals surface area contributed by atoms with Crippen LogP contribution in [-0.4, -0.2) is 11.8 Å². The van der Waals surface area contributed by atoms with E-state index in [9.17, 15) is 9.59 Å². The van der Waals surface area contributed by atoms with Crippen LogP contribution >= 0.6 is 46.7 Å². The lowest BCUT2D eigenvalue weighted by Gasteiger charge is -2.09. The smallest absolute Gasteiger partial charge is 0.267 e. The molecule has 0 radical (unpaired) electrons. The molecule has 0 aromatic heterocycles. The molecule has 2 aromatic carbocycles. The minimum atomic E-state index is -0.405. The van der Waals surface area contributed by atoms with Gasteiger partial charge in [0.25, 0.3) is 11.8 Å². The summed E-state index contributed by atoms with van der Waals surface area (Å²) in [5, 5.41) is 1.34. The van der Waals surface area contributed by atoms with E-state index >= 15 is 0 Å².